The van der Waals surface area contributed by atoms with E-state index in [9.17, 15) is 9.18 Å². The lowest BCUT2D eigenvalue weighted by Crippen LogP contribution is -2.02. The first-order chi connectivity index (χ1) is 9.63. The number of ether oxygens (including phenoxy) is 1. The summed E-state index contributed by atoms with van der Waals surface area (Å²) in [6.45, 7) is 2.52. The molecule has 0 radical (unpaired) electrons. The van der Waals surface area contributed by atoms with Crippen molar-refractivity contribution in [2.75, 3.05) is 6.61 Å². The lowest BCUT2D eigenvalue weighted by atomic mass is 10.0. The zero-order chi connectivity index (χ0) is 14.5. The number of aromatic carboxylic acids is 1. The molecule has 2 rings (SSSR count). The summed E-state index contributed by atoms with van der Waals surface area (Å²) in [6, 6.07) is 5.89. The molecule has 0 amide bonds. The molecule has 0 aliphatic rings. The van der Waals surface area contributed by atoms with Gasteiger partial charge in [0, 0.05) is 17.3 Å². The molecule has 0 unspecified atom stereocenters. The Balaban J connectivity index is 2.41. The summed E-state index contributed by atoms with van der Waals surface area (Å²) in [5.41, 5.74) is 0.320. The largest absolute Gasteiger partial charge is 0.492 e. The van der Waals surface area contributed by atoms with Gasteiger partial charge in [0.1, 0.15) is 11.6 Å². The summed E-state index contributed by atoms with van der Waals surface area (Å²) in [6.07, 6.45) is 3.87. The minimum Gasteiger partial charge on any atom is -0.492 e. The lowest BCUT2D eigenvalue weighted by molar-refractivity contribution is 0.0692. The van der Waals surface area contributed by atoms with Crippen LogP contribution in [0.15, 0.2) is 36.7 Å². The molecule has 0 fully saturated rings. The topological polar surface area (TPSA) is 59.4 Å². The maximum atomic E-state index is 14.1. The molecule has 0 aliphatic heterocycles. The van der Waals surface area contributed by atoms with Gasteiger partial charge < -0.3 is 9.84 Å². The van der Waals surface area contributed by atoms with E-state index in [1.54, 1.807) is 6.07 Å². The van der Waals surface area contributed by atoms with Crippen LogP contribution in [0.4, 0.5) is 4.39 Å². The van der Waals surface area contributed by atoms with Gasteiger partial charge in [-0.25, -0.2) is 9.18 Å². The molecule has 2 aromatic rings. The fourth-order valence-corrected chi connectivity index (χ4v) is 1.79. The van der Waals surface area contributed by atoms with Crippen molar-refractivity contribution in [1.82, 2.24) is 4.98 Å². The standard InChI is InChI=1S/C15H14FNO3/c1-2-6-20-11-7-10(8-17-9-11)12-4-3-5-13(14(12)16)15(18)19/h3-5,7-9H,2,6H2,1H3,(H,18,19). The van der Waals surface area contributed by atoms with Crippen molar-refractivity contribution in [3.63, 3.8) is 0 Å². The number of rotatable bonds is 5. The van der Waals surface area contributed by atoms with E-state index in [0.717, 1.165) is 6.42 Å². The van der Waals surface area contributed by atoms with Crippen molar-refractivity contribution >= 4 is 5.97 Å². The summed E-state index contributed by atoms with van der Waals surface area (Å²) >= 11 is 0. The van der Waals surface area contributed by atoms with Crippen molar-refractivity contribution in [1.29, 1.82) is 0 Å². The number of carboxylic acid groups (broad SMARTS) is 1. The second-order valence-corrected chi connectivity index (χ2v) is 4.23. The molecule has 0 saturated heterocycles. The first-order valence-electron chi connectivity index (χ1n) is 6.23. The van der Waals surface area contributed by atoms with Crippen molar-refractivity contribution in [3.8, 4) is 16.9 Å². The molecule has 0 saturated carbocycles. The van der Waals surface area contributed by atoms with E-state index in [4.69, 9.17) is 9.84 Å². The SMILES string of the molecule is CCCOc1cncc(-c2cccc(C(=O)O)c2F)c1. The van der Waals surface area contributed by atoms with Crippen LogP contribution in [-0.2, 0) is 0 Å². The fraction of sp³-hybridized carbons (Fsp3) is 0.200. The molecule has 1 N–H and O–H groups in total. The molecule has 0 atom stereocenters. The first kappa shape index (κ1) is 14.0. The van der Waals surface area contributed by atoms with Crippen LogP contribution in [-0.4, -0.2) is 22.7 Å². The third-order valence-corrected chi connectivity index (χ3v) is 2.73. The molecule has 0 spiro atoms. The molecule has 104 valence electrons. The Morgan fingerprint density at radius 1 is 1.40 bits per heavy atom. The van der Waals surface area contributed by atoms with E-state index < -0.39 is 11.8 Å². The first-order valence-corrected chi connectivity index (χ1v) is 6.23. The monoisotopic (exact) mass is 275 g/mol. The van der Waals surface area contributed by atoms with E-state index in [-0.39, 0.29) is 11.1 Å². The van der Waals surface area contributed by atoms with Gasteiger partial charge in [-0.15, -0.1) is 0 Å². The maximum Gasteiger partial charge on any atom is 0.338 e. The zero-order valence-electron chi connectivity index (χ0n) is 11.0. The molecular formula is C15H14FNO3. The number of aromatic nitrogens is 1. The van der Waals surface area contributed by atoms with Crippen LogP contribution in [0.2, 0.25) is 0 Å². The summed E-state index contributed by atoms with van der Waals surface area (Å²) in [4.78, 5) is 14.9. The normalized spacial score (nSPS) is 10.3. The fourth-order valence-electron chi connectivity index (χ4n) is 1.79. The number of halogens is 1. The maximum absolute atomic E-state index is 14.1. The van der Waals surface area contributed by atoms with Crippen molar-refractivity contribution in [3.05, 3.63) is 48.0 Å². The van der Waals surface area contributed by atoms with Crippen LogP contribution in [0.25, 0.3) is 11.1 Å². The van der Waals surface area contributed by atoms with Crippen molar-refractivity contribution < 1.29 is 19.0 Å². The van der Waals surface area contributed by atoms with Gasteiger partial charge in [0.25, 0.3) is 0 Å². The molecular weight excluding hydrogens is 261 g/mol. The molecule has 4 nitrogen and oxygen atoms in total. The van der Waals surface area contributed by atoms with E-state index in [2.05, 4.69) is 4.98 Å². The number of hydrogen-bond acceptors (Lipinski definition) is 3. The minimum absolute atomic E-state index is 0.194. The van der Waals surface area contributed by atoms with Crippen LogP contribution in [0.5, 0.6) is 5.75 Å². The zero-order valence-corrected chi connectivity index (χ0v) is 11.0. The van der Waals surface area contributed by atoms with Gasteiger partial charge in [-0.2, -0.15) is 0 Å². The van der Waals surface area contributed by atoms with Gasteiger partial charge in [-0.1, -0.05) is 19.1 Å². The number of carboxylic acids is 1. The van der Waals surface area contributed by atoms with Gasteiger partial charge in [0.15, 0.2) is 0 Å². The molecule has 20 heavy (non-hydrogen) atoms. The van der Waals surface area contributed by atoms with Crippen LogP contribution < -0.4 is 4.74 Å². The highest BCUT2D eigenvalue weighted by atomic mass is 19.1. The molecule has 1 aromatic heterocycles. The smallest absolute Gasteiger partial charge is 0.338 e. The van der Waals surface area contributed by atoms with Gasteiger partial charge in [0.2, 0.25) is 0 Å². The molecule has 5 heteroatoms. The Labute approximate surface area is 115 Å². The third-order valence-electron chi connectivity index (χ3n) is 2.73. The summed E-state index contributed by atoms with van der Waals surface area (Å²) < 4.78 is 19.6. The Bertz CT molecular complexity index is 628. The van der Waals surface area contributed by atoms with Gasteiger partial charge >= 0.3 is 5.97 Å². The number of pyridine rings is 1. The van der Waals surface area contributed by atoms with Crippen LogP contribution in [0, 0.1) is 5.82 Å². The Kier molecular flexibility index (Phi) is 4.30. The quantitative estimate of drug-likeness (QED) is 0.908. The van der Waals surface area contributed by atoms with Crippen LogP contribution in [0.3, 0.4) is 0 Å². The Morgan fingerprint density at radius 2 is 2.20 bits per heavy atom. The summed E-state index contributed by atoms with van der Waals surface area (Å²) in [5, 5.41) is 8.93. The van der Waals surface area contributed by atoms with Crippen LogP contribution in [0.1, 0.15) is 23.7 Å². The number of carbonyl (C=O) groups is 1. The molecule has 1 aromatic carbocycles. The van der Waals surface area contributed by atoms with Crippen LogP contribution >= 0.6 is 0 Å². The highest BCUT2D eigenvalue weighted by Crippen LogP contribution is 2.27. The van der Waals surface area contributed by atoms with Gasteiger partial charge in [-0.05, 0) is 18.6 Å². The average Bonchev–Trinajstić information content (AvgIpc) is 2.45. The highest BCUT2D eigenvalue weighted by molar-refractivity contribution is 5.90. The highest BCUT2D eigenvalue weighted by Gasteiger charge is 2.15. The Hall–Kier alpha value is -2.43. The predicted octanol–water partition coefficient (Wildman–Crippen LogP) is 3.37. The van der Waals surface area contributed by atoms with Crippen molar-refractivity contribution in [2.45, 2.75) is 13.3 Å². The summed E-state index contributed by atoms with van der Waals surface area (Å²) in [7, 11) is 0. The van der Waals surface area contributed by atoms with E-state index in [0.29, 0.717) is 17.9 Å². The number of nitrogens with zero attached hydrogens (tertiary/aromatic N) is 1. The lowest BCUT2D eigenvalue weighted by Gasteiger charge is -2.08. The van der Waals surface area contributed by atoms with Gasteiger partial charge in [0.05, 0.1) is 18.4 Å². The van der Waals surface area contributed by atoms with Gasteiger partial charge in [-0.3, -0.25) is 4.98 Å². The summed E-state index contributed by atoms with van der Waals surface area (Å²) in [5.74, 6) is -1.53. The van der Waals surface area contributed by atoms with E-state index in [1.165, 1.54) is 30.6 Å². The molecule has 1 heterocycles. The Morgan fingerprint density at radius 3 is 2.90 bits per heavy atom. The molecule has 0 bridgehead atoms. The second kappa shape index (κ2) is 6.14. The minimum atomic E-state index is -1.30. The van der Waals surface area contributed by atoms with Crippen molar-refractivity contribution in [2.24, 2.45) is 0 Å². The number of benzene rings is 1. The second-order valence-electron chi connectivity index (χ2n) is 4.23. The van der Waals surface area contributed by atoms with E-state index >= 15 is 0 Å². The number of hydrogen-bond donors (Lipinski definition) is 1. The average molecular weight is 275 g/mol. The third kappa shape index (κ3) is 2.93. The predicted molar refractivity (Wildman–Crippen MR) is 72.4 cm³/mol. The molecule has 0 aliphatic carbocycles. The van der Waals surface area contributed by atoms with E-state index in [1.807, 2.05) is 6.92 Å².